The highest BCUT2D eigenvalue weighted by Gasteiger charge is 2.32. The van der Waals surface area contributed by atoms with Gasteiger partial charge in [0.15, 0.2) is 0 Å². The summed E-state index contributed by atoms with van der Waals surface area (Å²) in [5, 5.41) is 1.49. The molecule has 4 N–H and O–H groups in total. The lowest BCUT2D eigenvalue weighted by molar-refractivity contribution is -0.113. The quantitative estimate of drug-likeness (QED) is 0.834. The van der Waals surface area contributed by atoms with Crippen molar-refractivity contribution in [2.45, 2.75) is 12.5 Å². The maximum absolute atomic E-state index is 5.89. The lowest BCUT2D eigenvalue weighted by Gasteiger charge is -2.34. The van der Waals surface area contributed by atoms with Gasteiger partial charge in [0, 0.05) is 12.7 Å². The van der Waals surface area contributed by atoms with Crippen LogP contribution in [-0.4, -0.2) is 24.7 Å². The molecule has 114 valence electrons. The lowest BCUT2D eigenvalue weighted by Crippen LogP contribution is -2.45. The third-order valence-corrected chi connectivity index (χ3v) is 3.93. The van der Waals surface area contributed by atoms with E-state index in [1.165, 1.54) is 5.06 Å². The fourth-order valence-corrected chi connectivity index (χ4v) is 2.54. The zero-order chi connectivity index (χ0) is 15.7. The molecule has 2 aromatic rings. The highest BCUT2D eigenvalue weighted by atomic mass is 16.7. The SMILES string of the molecule is CN1OCC(C)(c2cccc(-c3cccc(N)c3)c2)N=C1N. The number of nitrogens with zero attached hydrogens (tertiary/aromatic N) is 2. The van der Waals surface area contributed by atoms with Gasteiger partial charge in [-0.25, -0.2) is 10.1 Å². The van der Waals surface area contributed by atoms with Crippen LogP contribution in [0.25, 0.3) is 11.1 Å². The van der Waals surface area contributed by atoms with Crippen molar-refractivity contribution in [3.8, 4) is 11.1 Å². The standard InChI is InChI=1S/C17H20N4O/c1-17(11-22-21(2)16(19)20-17)14-7-3-5-12(9-14)13-6-4-8-15(18)10-13/h3-10H,11,18H2,1-2H3,(H2,19,20). The van der Waals surface area contributed by atoms with Gasteiger partial charge in [0.1, 0.15) is 12.1 Å². The smallest absolute Gasteiger partial charge is 0.216 e. The van der Waals surface area contributed by atoms with Crippen LogP contribution in [0, 0.1) is 0 Å². The average Bonchev–Trinajstić information content (AvgIpc) is 2.52. The predicted octanol–water partition coefficient (Wildman–Crippen LogP) is 2.34. The Morgan fingerprint density at radius 3 is 2.45 bits per heavy atom. The topological polar surface area (TPSA) is 76.9 Å². The second-order valence-electron chi connectivity index (χ2n) is 5.72. The molecule has 1 heterocycles. The van der Waals surface area contributed by atoms with Crippen molar-refractivity contribution in [3.05, 3.63) is 54.1 Å². The van der Waals surface area contributed by atoms with E-state index in [0.717, 1.165) is 22.4 Å². The van der Waals surface area contributed by atoms with Crippen molar-refractivity contribution in [2.24, 2.45) is 10.7 Å². The van der Waals surface area contributed by atoms with Gasteiger partial charge in [0.05, 0.1) is 0 Å². The van der Waals surface area contributed by atoms with Crippen LogP contribution >= 0.6 is 0 Å². The summed E-state index contributed by atoms with van der Waals surface area (Å²) in [6, 6.07) is 16.1. The molecule has 0 saturated carbocycles. The average molecular weight is 296 g/mol. The Bertz CT molecular complexity index is 728. The fourth-order valence-electron chi connectivity index (χ4n) is 2.54. The minimum atomic E-state index is -0.493. The second-order valence-corrected chi connectivity index (χ2v) is 5.72. The van der Waals surface area contributed by atoms with Gasteiger partial charge in [-0.2, -0.15) is 0 Å². The molecule has 0 aromatic heterocycles. The minimum absolute atomic E-state index is 0.378. The molecular formula is C17H20N4O. The van der Waals surface area contributed by atoms with E-state index >= 15 is 0 Å². The number of benzene rings is 2. The monoisotopic (exact) mass is 296 g/mol. The van der Waals surface area contributed by atoms with E-state index in [1.54, 1.807) is 7.05 Å². The number of anilines is 1. The summed E-state index contributed by atoms with van der Waals surface area (Å²) >= 11 is 0. The van der Waals surface area contributed by atoms with E-state index in [1.807, 2.05) is 43.3 Å². The maximum Gasteiger partial charge on any atom is 0.216 e. The van der Waals surface area contributed by atoms with E-state index < -0.39 is 5.54 Å². The van der Waals surface area contributed by atoms with Crippen molar-refractivity contribution < 1.29 is 4.84 Å². The van der Waals surface area contributed by atoms with Crippen LogP contribution in [0.2, 0.25) is 0 Å². The molecule has 5 nitrogen and oxygen atoms in total. The van der Waals surface area contributed by atoms with Crippen molar-refractivity contribution in [1.82, 2.24) is 5.06 Å². The number of aliphatic imine (C=N–C) groups is 1. The van der Waals surface area contributed by atoms with Crippen LogP contribution in [0.4, 0.5) is 5.69 Å². The molecule has 1 atom stereocenters. The predicted molar refractivity (Wildman–Crippen MR) is 89.0 cm³/mol. The molecule has 1 aliphatic rings. The third kappa shape index (κ3) is 2.63. The second kappa shape index (κ2) is 5.35. The molecule has 0 amide bonds. The van der Waals surface area contributed by atoms with Gasteiger partial charge in [-0.1, -0.05) is 30.3 Å². The van der Waals surface area contributed by atoms with E-state index in [9.17, 15) is 0 Å². The molecule has 0 aliphatic carbocycles. The van der Waals surface area contributed by atoms with E-state index in [0.29, 0.717) is 12.6 Å². The van der Waals surface area contributed by atoms with Crippen LogP contribution in [0.15, 0.2) is 53.5 Å². The Labute approximate surface area is 130 Å². The minimum Gasteiger partial charge on any atom is -0.399 e. The summed E-state index contributed by atoms with van der Waals surface area (Å²) in [6.45, 7) is 2.47. The van der Waals surface area contributed by atoms with E-state index in [4.69, 9.17) is 16.3 Å². The van der Waals surface area contributed by atoms with Gasteiger partial charge < -0.3 is 11.5 Å². The summed E-state index contributed by atoms with van der Waals surface area (Å²) in [6.07, 6.45) is 0. The van der Waals surface area contributed by atoms with Crippen LogP contribution < -0.4 is 11.5 Å². The molecule has 2 aromatic carbocycles. The number of rotatable bonds is 2. The summed E-state index contributed by atoms with van der Waals surface area (Å²) in [5.74, 6) is 0.378. The summed E-state index contributed by atoms with van der Waals surface area (Å²) in [4.78, 5) is 10.2. The zero-order valence-corrected chi connectivity index (χ0v) is 12.8. The molecule has 0 bridgehead atoms. The molecule has 0 radical (unpaired) electrons. The van der Waals surface area contributed by atoms with Gasteiger partial charge in [-0.05, 0) is 41.8 Å². The molecule has 5 heteroatoms. The van der Waals surface area contributed by atoms with Gasteiger partial charge in [-0.15, -0.1) is 0 Å². The molecule has 0 spiro atoms. The van der Waals surface area contributed by atoms with Crippen molar-refractivity contribution in [1.29, 1.82) is 0 Å². The lowest BCUT2D eigenvalue weighted by atomic mass is 9.90. The number of hydrogen-bond donors (Lipinski definition) is 2. The highest BCUT2D eigenvalue weighted by molar-refractivity contribution is 5.78. The first-order chi connectivity index (χ1) is 10.5. The van der Waals surface area contributed by atoms with Crippen LogP contribution in [0.5, 0.6) is 0 Å². The van der Waals surface area contributed by atoms with E-state index in [-0.39, 0.29) is 0 Å². The number of hydrogen-bond acceptors (Lipinski definition) is 5. The van der Waals surface area contributed by atoms with Crippen molar-refractivity contribution in [3.63, 3.8) is 0 Å². The Morgan fingerprint density at radius 1 is 1.09 bits per heavy atom. The molecule has 0 fully saturated rings. The number of hydroxylamine groups is 2. The van der Waals surface area contributed by atoms with Gasteiger partial charge in [0.25, 0.3) is 0 Å². The first-order valence-corrected chi connectivity index (χ1v) is 7.16. The van der Waals surface area contributed by atoms with Gasteiger partial charge in [-0.3, -0.25) is 4.84 Å². The largest absolute Gasteiger partial charge is 0.399 e. The van der Waals surface area contributed by atoms with Crippen molar-refractivity contribution >= 4 is 11.6 Å². The maximum atomic E-state index is 5.89. The fraction of sp³-hybridized carbons (Fsp3) is 0.235. The van der Waals surface area contributed by atoms with Crippen LogP contribution in [0.1, 0.15) is 12.5 Å². The van der Waals surface area contributed by atoms with Crippen LogP contribution in [-0.2, 0) is 10.4 Å². The summed E-state index contributed by atoms with van der Waals surface area (Å²) in [5.41, 5.74) is 15.3. The Hall–Kier alpha value is -2.53. The molecule has 1 aliphatic heterocycles. The normalized spacial score (nSPS) is 21.5. The molecular weight excluding hydrogens is 276 g/mol. The van der Waals surface area contributed by atoms with Crippen LogP contribution in [0.3, 0.4) is 0 Å². The van der Waals surface area contributed by atoms with Gasteiger partial charge in [0.2, 0.25) is 5.96 Å². The zero-order valence-electron chi connectivity index (χ0n) is 12.8. The number of nitrogens with two attached hydrogens (primary N) is 2. The first kappa shape index (κ1) is 14.4. The van der Waals surface area contributed by atoms with Crippen molar-refractivity contribution in [2.75, 3.05) is 19.4 Å². The molecule has 22 heavy (non-hydrogen) atoms. The highest BCUT2D eigenvalue weighted by Crippen LogP contribution is 2.32. The number of nitrogen functional groups attached to an aromatic ring is 1. The molecule has 0 saturated heterocycles. The van der Waals surface area contributed by atoms with E-state index in [2.05, 4.69) is 17.1 Å². The summed E-state index contributed by atoms with van der Waals surface area (Å²) in [7, 11) is 1.75. The van der Waals surface area contributed by atoms with Gasteiger partial charge >= 0.3 is 0 Å². The Kier molecular flexibility index (Phi) is 3.50. The first-order valence-electron chi connectivity index (χ1n) is 7.16. The third-order valence-electron chi connectivity index (χ3n) is 3.93. The Balaban J connectivity index is 2.01. The Morgan fingerprint density at radius 2 is 1.77 bits per heavy atom. The molecule has 1 unspecified atom stereocenters. The summed E-state index contributed by atoms with van der Waals surface area (Å²) < 4.78 is 0. The number of guanidine groups is 1. The molecule has 3 rings (SSSR count).